The van der Waals surface area contributed by atoms with Crippen LogP contribution in [-0.4, -0.2) is 15.9 Å². The molecule has 0 atom stereocenters. The number of para-hydroxylation sites is 1. The van der Waals surface area contributed by atoms with Gasteiger partial charge in [0.1, 0.15) is 11.5 Å². The first-order chi connectivity index (χ1) is 10.8. The molecule has 0 aliphatic carbocycles. The number of H-pyrrole nitrogens is 1. The molecule has 5 nitrogen and oxygen atoms in total. The fourth-order valence-corrected chi connectivity index (χ4v) is 1.99. The van der Waals surface area contributed by atoms with Gasteiger partial charge in [-0.2, -0.15) is 0 Å². The lowest BCUT2D eigenvalue weighted by atomic mass is 10.2. The minimum absolute atomic E-state index is 0.0963. The molecule has 1 amide bonds. The van der Waals surface area contributed by atoms with Crippen LogP contribution in [0.15, 0.2) is 67.1 Å². The fourth-order valence-electron chi connectivity index (χ4n) is 1.99. The van der Waals surface area contributed by atoms with E-state index >= 15 is 0 Å². The Kier molecular flexibility index (Phi) is 4.15. The molecule has 22 heavy (non-hydrogen) atoms. The van der Waals surface area contributed by atoms with Gasteiger partial charge in [-0.3, -0.25) is 4.79 Å². The third-order valence-corrected chi connectivity index (χ3v) is 3.02. The van der Waals surface area contributed by atoms with Crippen molar-refractivity contribution in [2.24, 2.45) is 0 Å². The zero-order valence-electron chi connectivity index (χ0n) is 11.8. The molecule has 0 radical (unpaired) electrons. The van der Waals surface area contributed by atoms with Crippen molar-refractivity contribution < 1.29 is 9.53 Å². The summed E-state index contributed by atoms with van der Waals surface area (Å²) in [5, 5.41) is 2.83. The number of aromatic amines is 1. The molecule has 3 rings (SSSR count). The van der Waals surface area contributed by atoms with Gasteiger partial charge in [0.05, 0.1) is 12.7 Å². The van der Waals surface area contributed by atoms with Crippen molar-refractivity contribution in [1.82, 2.24) is 9.97 Å². The third kappa shape index (κ3) is 3.73. The third-order valence-electron chi connectivity index (χ3n) is 3.02. The second kappa shape index (κ2) is 6.58. The first kappa shape index (κ1) is 13.9. The van der Waals surface area contributed by atoms with Crippen LogP contribution in [0.25, 0.3) is 0 Å². The molecule has 0 spiro atoms. The van der Waals surface area contributed by atoms with Gasteiger partial charge in [-0.1, -0.05) is 18.2 Å². The first-order valence-corrected chi connectivity index (χ1v) is 6.90. The van der Waals surface area contributed by atoms with E-state index in [1.807, 2.05) is 54.6 Å². The van der Waals surface area contributed by atoms with E-state index in [0.29, 0.717) is 0 Å². The molecule has 0 fully saturated rings. The molecule has 0 aliphatic heterocycles. The minimum atomic E-state index is -0.0963. The summed E-state index contributed by atoms with van der Waals surface area (Å²) in [5.74, 6) is 1.40. The smallest absolute Gasteiger partial charge is 0.230 e. The van der Waals surface area contributed by atoms with E-state index in [0.717, 1.165) is 22.9 Å². The molecule has 0 bridgehead atoms. The van der Waals surface area contributed by atoms with Gasteiger partial charge in [-0.15, -0.1) is 0 Å². The van der Waals surface area contributed by atoms with Crippen molar-refractivity contribution in [3.8, 4) is 11.5 Å². The van der Waals surface area contributed by atoms with Crippen molar-refractivity contribution in [3.63, 3.8) is 0 Å². The van der Waals surface area contributed by atoms with Crippen molar-refractivity contribution in [2.75, 3.05) is 5.32 Å². The van der Waals surface area contributed by atoms with Gasteiger partial charge < -0.3 is 15.0 Å². The molecular formula is C17H15N3O2. The van der Waals surface area contributed by atoms with Gasteiger partial charge in [0.15, 0.2) is 0 Å². The Balaban J connectivity index is 1.58. The summed E-state index contributed by atoms with van der Waals surface area (Å²) in [7, 11) is 0. The van der Waals surface area contributed by atoms with Gasteiger partial charge in [0.2, 0.25) is 5.91 Å². The summed E-state index contributed by atoms with van der Waals surface area (Å²) in [4.78, 5) is 18.6. The number of carbonyl (C=O) groups is 1. The number of nitrogens with zero attached hydrogens (tertiary/aromatic N) is 1. The first-order valence-electron chi connectivity index (χ1n) is 6.90. The average molecular weight is 293 g/mol. The Morgan fingerprint density at radius 3 is 2.45 bits per heavy atom. The molecule has 1 aromatic heterocycles. The van der Waals surface area contributed by atoms with Crippen LogP contribution >= 0.6 is 0 Å². The Labute approximate surface area is 128 Å². The quantitative estimate of drug-likeness (QED) is 0.757. The lowest BCUT2D eigenvalue weighted by Crippen LogP contribution is -2.14. The van der Waals surface area contributed by atoms with E-state index in [1.165, 1.54) is 0 Å². The van der Waals surface area contributed by atoms with Gasteiger partial charge in [0.25, 0.3) is 0 Å². The van der Waals surface area contributed by atoms with Crippen LogP contribution in [0, 0.1) is 0 Å². The van der Waals surface area contributed by atoms with Crippen LogP contribution in [0.5, 0.6) is 11.5 Å². The molecule has 2 aromatic carbocycles. The zero-order chi connectivity index (χ0) is 15.2. The number of aromatic nitrogens is 2. The number of anilines is 1. The lowest BCUT2D eigenvalue weighted by Gasteiger charge is -2.07. The monoisotopic (exact) mass is 293 g/mol. The Morgan fingerprint density at radius 1 is 1.05 bits per heavy atom. The van der Waals surface area contributed by atoms with Gasteiger partial charge in [-0.05, 0) is 36.4 Å². The van der Waals surface area contributed by atoms with Crippen LogP contribution < -0.4 is 10.1 Å². The number of rotatable bonds is 5. The number of ether oxygens (including phenoxy) is 1. The fraction of sp³-hybridized carbons (Fsp3) is 0.0588. The number of hydrogen-bond acceptors (Lipinski definition) is 3. The van der Waals surface area contributed by atoms with Crippen LogP contribution in [0.4, 0.5) is 5.69 Å². The highest BCUT2D eigenvalue weighted by Gasteiger charge is 2.05. The van der Waals surface area contributed by atoms with E-state index in [2.05, 4.69) is 15.3 Å². The normalized spacial score (nSPS) is 10.2. The number of imidazole rings is 1. The summed E-state index contributed by atoms with van der Waals surface area (Å²) in [6.07, 6.45) is 3.46. The van der Waals surface area contributed by atoms with E-state index < -0.39 is 0 Å². The predicted octanol–water partition coefficient (Wildman–Crippen LogP) is 3.38. The van der Waals surface area contributed by atoms with Crippen molar-refractivity contribution >= 4 is 11.6 Å². The molecule has 110 valence electrons. The molecule has 0 saturated heterocycles. The van der Waals surface area contributed by atoms with Gasteiger partial charge in [0, 0.05) is 17.6 Å². The maximum absolute atomic E-state index is 11.9. The van der Waals surface area contributed by atoms with Gasteiger partial charge in [-0.25, -0.2) is 4.98 Å². The van der Waals surface area contributed by atoms with E-state index in [1.54, 1.807) is 12.5 Å². The molecule has 0 aliphatic rings. The van der Waals surface area contributed by atoms with Crippen molar-refractivity contribution in [3.05, 3.63) is 72.8 Å². The molecule has 2 N–H and O–H groups in total. The maximum atomic E-state index is 11.9. The highest BCUT2D eigenvalue weighted by molar-refractivity contribution is 5.92. The Morgan fingerprint density at radius 2 is 1.77 bits per heavy atom. The SMILES string of the molecule is O=C(Cc1cnc[nH]1)Nc1ccc(Oc2ccccc2)cc1. The highest BCUT2D eigenvalue weighted by atomic mass is 16.5. The van der Waals surface area contributed by atoms with Crippen molar-refractivity contribution in [1.29, 1.82) is 0 Å². The second-order valence-electron chi connectivity index (χ2n) is 4.74. The van der Waals surface area contributed by atoms with E-state index in [4.69, 9.17) is 4.74 Å². The van der Waals surface area contributed by atoms with Crippen LogP contribution in [-0.2, 0) is 11.2 Å². The second-order valence-corrected chi connectivity index (χ2v) is 4.74. The maximum Gasteiger partial charge on any atom is 0.230 e. The molecular weight excluding hydrogens is 278 g/mol. The number of benzene rings is 2. The molecule has 1 heterocycles. The van der Waals surface area contributed by atoms with E-state index in [9.17, 15) is 4.79 Å². The number of amides is 1. The summed E-state index contributed by atoms with van der Waals surface area (Å²) in [5.41, 5.74) is 1.51. The molecule has 0 saturated carbocycles. The number of carbonyl (C=O) groups excluding carboxylic acids is 1. The molecule has 5 heteroatoms. The van der Waals surface area contributed by atoms with Crippen LogP contribution in [0.1, 0.15) is 5.69 Å². The standard InChI is InChI=1S/C17H15N3O2/c21-17(10-14-11-18-12-19-14)20-13-6-8-16(9-7-13)22-15-4-2-1-3-5-15/h1-9,11-12H,10H2,(H,18,19)(H,20,21). The van der Waals surface area contributed by atoms with Crippen molar-refractivity contribution in [2.45, 2.75) is 6.42 Å². The van der Waals surface area contributed by atoms with E-state index in [-0.39, 0.29) is 12.3 Å². The van der Waals surface area contributed by atoms with Crippen LogP contribution in [0.2, 0.25) is 0 Å². The number of nitrogens with one attached hydrogen (secondary N) is 2. The largest absolute Gasteiger partial charge is 0.457 e. The predicted molar refractivity (Wildman–Crippen MR) is 83.9 cm³/mol. The summed E-state index contributed by atoms with van der Waals surface area (Å²) in [6.45, 7) is 0. The lowest BCUT2D eigenvalue weighted by molar-refractivity contribution is -0.115. The Bertz CT molecular complexity index is 722. The highest BCUT2D eigenvalue weighted by Crippen LogP contribution is 2.22. The summed E-state index contributed by atoms with van der Waals surface area (Å²) < 4.78 is 5.70. The summed E-state index contributed by atoms with van der Waals surface area (Å²) >= 11 is 0. The van der Waals surface area contributed by atoms with Gasteiger partial charge >= 0.3 is 0 Å². The zero-order valence-corrected chi connectivity index (χ0v) is 11.8. The molecule has 0 unspecified atom stereocenters. The molecule has 3 aromatic rings. The van der Waals surface area contributed by atoms with Crippen LogP contribution in [0.3, 0.4) is 0 Å². The topological polar surface area (TPSA) is 67.0 Å². The average Bonchev–Trinajstić information content (AvgIpc) is 3.03. The summed E-state index contributed by atoms with van der Waals surface area (Å²) in [6, 6.07) is 16.8. The number of hydrogen-bond donors (Lipinski definition) is 2. The minimum Gasteiger partial charge on any atom is -0.457 e. The Hall–Kier alpha value is -3.08.